The summed E-state index contributed by atoms with van der Waals surface area (Å²) in [7, 11) is 0. The molecule has 0 spiro atoms. The molecule has 3 rings (SSSR count). The van der Waals surface area contributed by atoms with Crippen molar-refractivity contribution in [2.24, 2.45) is 5.92 Å². The van der Waals surface area contributed by atoms with Crippen molar-refractivity contribution >= 4 is 24.0 Å². The molecule has 1 unspecified atom stereocenters. The molecule has 21 heavy (non-hydrogen) atoms. The van der Waals surface area contributed by atoms with Crippen molar-refractivity contribution in [1.29, 1.82) is 0 Å². The van der Waals surface area contributed by atoms with Crippen molar-refractivity contribution in [2.45, 2.75) is 12.8 Å². The molecule has 2 N–H and O–H groups in total. The van der Waals surface area contributed by atoms with Crippen LogP contribution in [0.25, 0.3) is 5.69 Å². The third-order valence-corrected chi connectivity index (χ3v) is 3.44. The number of rotatable bonds is 4. The standard InChI is InChI=1S/C14H17N5O.ClH/c20-14(9-11-5-6-15-10-11)18-12-1-3-13(4-2-12)19-16-7-8-17-19;/h1-4,7-8,11,15H,5-6,9-10H2,(H,18,20);1H. The second-order valence-corrected chi connectivity index (χ2v) is 4.98. The number of anilines is 1. The van der Waals surface area contributed by atoms with Crippen molar-refractivity contribution in [3.05, 3.63) is 36.7 Å². The van der Waals surface area contributed by atoms with Crippen molar-refractivity contribution < 1.29 is 4.79 Å². The monoisotopic (exact) mass is 307 g/mol. The average molecular weight is 308 g/mol. The SMILES string of the molecule is Cl.O=C(CC1CCNC1)Nc1ccc(-n2nccn2)cc1. The number of benzene rings is 1. The zero-order valence-electron chi connectivity index (χ0n) is 11.5. The van der Waals surface area contributed by atoms with Gasteiger partial charge in [-0.2, -0.15) is 15.0 Å². The number of carbonyl (C=O) groups is 1. The number of halogens is 1. The summed E-state index contributed by atoms with van der Waals surface area (Å²) in [4.78, 5) is 13.5. The Morgan fingerprint density at radius 3 is 2.62 bits per heavy atom. The first-order chi connectivity index (χ1) is 9.81. The summed E-state index contributed by atoms with van der Waals surface area (Å²) < 4.78 is 0. The summed E-state index contributed by atoms with van der Waals surface area (Å²) in [6.07, 6.45) is 4.92. The molecule has 0 radical (unpaired) electrons. The van der Waals surface area contributed by atoms with E-state index in [2.05, 4.69) is 20.8 Å². The van der Waals surface area contributed by atoms with E-state index in [0.717, 1.165) is 30.9 Å². The van der Waals surface area contributed by atoms with Gasteiger partial charge in [-0.1, -0.05) is 0 Å². The lowest BCUT2D eigenvalue weighted by molar-refractivity contribution is -0.116. The van der Waals surface area contributed by atoms with Gasteiger partial charge in [0.2, 0.25) is 5.91 Å². The fourth-order valence-corrected chi connectivity index (χ4v) is 2.39. The van der Waals surface area contributed by atoms with E-state index in [-0.39, 0.29) is 18.3 Å². The predicted molar refractivity (Wildman–Crippen MR) is 82.8 cm³/mol. The molecule has 1 aromatic heterocycles. The highest BCUT2D eigenvalue weighted by Crippen LogP contribution is 2.15. The van der Waals surface area contributed by atoms with E-state index in [1.807, 2.05) is 24.3 Å². The first-order valence-electron chi connectivity index (χ1n) is 6.78. The van der Waals surface area contributed by atoms with Gasteiger partial charge in [0.05, 0.1) is 18.1 Å². The minimum Gasteiger partial charge on any atom is -0.326 e. The van der Waals surface area contributed by atoms with E-state index in [4.69, 9.17) is 0 Å². The Bertz CT molecular complexity index is 564. The van der Waals surface area contributed by atoms with Crippen LogP contribution in [0.5, 0.6) is 0 Å². The Hall–Kier alpha value is -1.92. The number of amides is 1. The van der Waals surface area contributed by atoms with Gasteiger partial charge in [-0.25, -0.2) is 0 Å². The fourth-order valence-electron chi connectivity index (χ4n) is 2.39. The van der Waals surface area contributed by atoms with Gasteiger partial charge in [0, 0.05) is 12.1 Å². The molecular formula is C14H18ClN5O. The van der Waals surface area contributed by atoms with Crippen LogP contribution in [0.3, 0.4) is 0 Å². The highest BCUT2D eigenvalue weighted by molar-refractivity contribution is 5.90. The molecule has 112 valence electrons. The molecule has 1 fully saturated rings. The lowest BCUT2D eigenvalue weighted by Gasteiger charge is -2.09. The Balaban J connectivity index is 0.00000161. The molecule has 2 heterocycles. The van der Waals surface area contributed by atoms with Gasteiger partial charge in [-0.15, -0.1) is 12.4 Å². The number of aromatic nitrogens is 3. The van der Waals surface area contributed by atoms with Crippen LogP contribution < -0.4 is 10.6 Å². The largest absolute Gasteiger partial charge is 0.326 e. The third kappa shape index (κ3) is 4.03. The van der Waals surface area contributed by atoms with Gasteiger partial charge in [-0.3, -0.25) is 4.79 Å². The minimum absolute atomic E-state index is 0. The quantitative estimate of drug-likeness (QED) is 0.900. The number of hydrogen-bond acceptors (Lipinski definition) is 4. The zero-order valence-corrected chi connectivity index (χ0v) is 12.3. The molecule has 1 atom stereocenters. The molecule has 2 aromatic rings. The highest BCUT2D eigenvalue weighted by atomic mass is 35.5. The van der Waals surface area contributed by atoms with E-state index < -0.39 is 0 Å². The Labute approximate surface area is 129 Å². The fraction of sp³-hybridized carbons (Fsp3) is 0.357. The van der Waals surface area contributed by atoms with Crippen LogP contribution in [0.15, 0.2) is 36.7 Å². The Morgan fingerprint density at radius 2 is 2.00 bits per heavy atom. The Kier molecular flexibility index (Phi) is 5.30. The van der Waals surface area contributed by atoms with E-state index >= 15 is 0 Å². The average Bonchev–Trinajstić information content (AvgIpc) is 3.12. The van der Waals surface area contributed by atoms with Crippen molar-refractivity contribution in [3.8, 4) is 5.69 Å². The van der Waals surface area contributed by atoms with E-state index in [9.17, 15) is 4.79 Å². The molecule has 0 aliphatic carbocycles. The van der Waals surface area contributed by atoms with Gasteiger partial charge in [0.1, 0.15) is 0 Å². The van der Waals surface area contributed by atoms with Crippen molar-refractivity contribution in [1.82, 2.24) is 20.3 Å². The molecule has 1 aliphatic heterocycles. The molecule has 0 saturated carbocycles. The predicted octanol–water partition coefficient (Wildman–Crippen LogP) is 1.63. The number of carbonyl (C=O) groups excluding carboxylic acids is 1. The van der Waals surface area contributed by atoms with Crippen LogP contribution in [-0.2, 0) is 4.79 Å². The lowest BCUT2D eigenvalue weighted by atomic mass is 10.0. The van der Waals surface area contributed by atoms with Crippen LogP contribution in [0.4, 0.5) is 5.69 Å². The summed E-state index contributed by atoms with van der Waals surface area (Å²) in [5.74, 6) is 0.534. The van der Waals surface area contributed by atoms with Crippen LogP contribution in [-0.4, -0.2) is 34.0 Å². The van der Waals surface area contributed by atoms with Gasteiger partial charge < -0.3 is 10.6 Å². The molecule has 1 aromatic carbocycles. The normalized spacial score (nSPS) is 17.2. The van der Waals surface area contributed by atoms with Crippen LogP contribution >= 0.6 is 12.4 Å². The van der Waals surface area contributed by atoms with Crippen LogP contribution in [0, 0.1) is 5.92 Å². The smallest absolute Gasteiger partial charge is 0.224 e. The zero-order chi connectivity index (χ0) is 13.8. The molecule has 6 nitrogen and oxygen atoms in total. The summed E-state index contributed by atoms with van der Waals surface area (Å²) in [6, 6.07) is 7.49. The third-order valence-electron chi connectivity index (χ3n) is 3.44. The Morgan fingerprint density at radius 1 is 1.29 bits per heavy atom. The molecular weight excluding hydrogens is 290 g/mol. The van der Waals surface area contributed by atoms with E-state index in [1.54, 1.807) is 12.4 Å². The molecule has 0 bridgehead atoms. The summed E-state index contributed by atoms with van der Waals surface area (Å²) in [6.45, 7) is 1.96. The van der Waals surface area contributed by atoms with Gasteiger partial charge in [0.25, 0.3) is 0 Å². The first kappa shape index (κ1) is 15.5. The number of nitrogens with zero attached hydrogens (tertiary/aromatic N) is 3. The number of nitrogens with one attached hydrogen (secondary N) is 2. The van der Waals surface area contributed by atoms with Gasteiger partial charge >= 0.3 is 0 Å². The van der Waals surface area contributed by atoms with Gasteiger partial charge in [0.15, 0.2) is 0 Å². The van der Waals surface area contributed by atoms with Crippen molar-refractivity contribution in [3.63, 3.8) is 0 Å². The summed E-state index contributed by atoms with van der Waals surface area (Å²) in [5.41, 5.74) is 1.67. The van der Waals surface area contributed by atoms with E-state index in [0.29, 0.717) is 12.3 Å². The first-order valence-corrected chi connectivity index (χ1v) is 6.78. The maximum Gasteiger partial charge on any atom is 0.224 e. The second-order valence-electron chi connectivity index (χ2n) is 4.98. The molecule has 7 heteroatoms. The highest BCUT2D eigenvalue weighted by Gasteiger charge is 2.17. The van der Waals surface area contributed by atoms with Gasteiger partial charge in [-0.05, 0) is 49.7 Å². The van der Waals surface area contributed by atoms with Crippen LogP contribution in [0.2, 0.25) is 0 Å². The van der Waals surface area contributed by atoms with Crippen molar-refractivity contribution in [2.75, 3.05) is 18.4 Å². The van der Waals surface area contributed by atoms with E-state index in [1.165, 1.54) is 4.80 Å². The topological polar surface area (TPSA) is 71.8 Å². The maximum atomic E-state index is 11.9. The lowest BCUT2D eigenvalue weighted by Crippen LogP contribution is -2.18. The summed E-state index contributed by atoms with van der Waals surface area (Å²) >= 11 is 0. The van der Waals surface area contributed by atoms with Crippen LogP contribution in [0.1, 0.15) is 12.8 Å². The number of hydrogen-bond donors (Lipinski definition) is 2. The molecule has 1 saturated heterocycles. The minimum atomic E-state index is 0. The second kappa shape index (κ2) is 7.19. The maximum absolute atomic E-state index is 11.9. The summed E-state index contributed by atoms with van der Waals surface area (Å²) in [5, 5.41) is 14.3. The molecule has 1 aliphatic rings. The molecule has 1 amide bonds.